The smallest absolute Gasteiger partial charge is 0.0471 e. The second-order valence-electron chi connectivity index (χ2n) is 4.85. The van der Waals surface area contributed by atoms with Crippen LogP contribution in [0.15, 0.2) is 48.1 Å². The second-order valence-corrected chi connectivity index (χ2v) is 4.85. The Balaban J connectivity index is 2.47. The van der Waals surface area contributed by atoms with E-state index in [4.69, 9.17) is 5.11 Å². The molecule has 0 aromatic heterocycles. The molecule has 0 radical (unpaired) electrons. The zero-order valence-corrected chi connectivity index (χ0v) is 12.0. The number of rotatable bonds is 9. The molecule has 1 aromatic rings. The molecule has 1 nitrogen and oxygen atoms in total. The highest BCUT2D eigenvalue weighted by Gasteiger charge is 1.93. The summed E-state index contributed by atoms with van der Waals surface area (Å²) in [5.41, 5.74) is 2.44. The molecule has 0 fully saturated rings. The number of unbranched alkanes of at least 4 members (excludes halogenated alkanes) is 4. The summed E-state index contributed by atoms with van der Waals surface area (Å²) in [7, 11) is 0. The van der Waals surface area contributed by atoms with E-state index in [0.29, 0.717) is 0 Å². The topological polar surface area (TPSA) is 20.2 Å². The lowest BCUT2D eigenvalue weighted by atomic mass is 10.1. The zero-order chi connectivity index (χ0) is 13.8. The number of hydrogen-bond donors (Lipinski definition) is 1. The predicted octanol–water partition coefficient (Wildman–Crippen LogP) is 4.98. The van der Waals surface area contributed by atoms with E-state index in [2.05, 4.69) is 37.3 Å². The Morgan fingerprint density at radius 1 is 1.11 bits per heavy atom. The minimum absolute atomic E-state index is 0.222. The average Bonchev–Trinajstić information content (AvgIpc) is 2.45. The molecule has 0 bridgehead atoms. The average molecular weight is 258 g/mol. The van der Waals surface area contributed by atoms with Gasteiger partial charge in [-0.2, -0.15) is 0 Å². The lowest BCUT2D eigenvalue weighted by Crippen LogP contribution is -1.86. The molecule has 0 saturated heterocycles. The number of aliphatic hydroxyl groups is 1. The van der Waals surface area contributed by atoms with Gasteiger partial charge >= 0.3 is 0 Å². The van der Waals surface area contributed by atoms with Gasteiger partial charge in [0.15, 0.2) is 0 Å². The second kappa shape index (κ2) is 10.6. The van der Waals surface area contributed by atoms with Crippen molar-refractivity contribution in [2.45, 2.75) is 45.4 Å². The third-order valence-electron chi connectivity index (χ3n) is 3.15. The fourth-order valence-electron chi connectivity index (χ4n) is 2.01. The first-order valence-corrected chi connectivity index (χ1v) is 7.40. The lowest BCUT2D eigenvalue weighted by molar-refractivity contribution is 0.300. The van der Waals surface area contributed by atoms with Crippen LogP contribution in [0.3, 0.4) is 0 Å². The van der Waals surface area contributed by atoms with Crippen molar-refractivity contribution in [3.63, 3.8) is 0 Å². The first-order chi connectivity index (χ1) is 9.36. The van der Waals surface area contributed by atoms with Crippen molar-refractivity contribution in [2.24, 2.45) is 0 Å². The normalized spacial score (nSPS) is 12.2. The van der Waals surface area contributed by atoms with Gasteiger partial charge in [0.05, 0.1) is 0 Å². The molecule has 0 aliphatic carbocycles. The monoisotopic (exact) mass is 258 g/mol. The van der Waals surface area contributed by atoms with Crippen molar-refractivity contribution in [3.05, 3.63) is 53.6 Å². The van der Waals surface area contributed by atoms with Gasteiger partial charge < -0.3 is 5.11 Å². The molecule has 1 N–H and O–H groups in total. The third-order valence-corrected chi connectivity index (χ3v) is 3.15. The Morgan fingerprint density at radius 2 is 1.89 bits per heavy atom. The molecule has 0 aliphatic rings. The maximum Gasteiger partial charge on any atom is 0.0471 e. The van der Waals surface area contributed by atoms with Crippen molar-refractivity contribution in [3.8, 4) is 0 Å². The summed E-state index contributed by atoms with van der Waals surface area (Å²) in [5.74, 6) is 0. The molecule has 0 unspecified atom stereocenters. The van der Waals surface area contributed by atoms with Crippen molar-refractivity contribution < 1.29 is 5.11 Å². The molecule has 0 spiro atoms. The van der Waals surface area contributed by atoms with Crippen LogP contribution >= 0.6 is 0 Å². The molecule has 0 saturated carbocycles. The van der Waals surface area contributed by atoms with E-state index >= 15 is 0 Å². The van der Waals surface area contributed by atoms with Gasteiger partial charge in [-0.3, -0.25) is 0 Å². The van der Waals surface area contributed by atoms with Gasteiger partial charge in [-0.25, -0.2) is 0 Å². The maximum absolute atomic E-state index is 9.10. The molecular formula is C18H26O. The Labute approximate surface area is 117 Å². The van der Waals surface area contributed by atoms with E-state index in [1.807, 2.05) is 18.2 Å². The lowest BCUT2D eigenvalue weighted by Gasteiger charge is -2.01. The summed E-state index contributed by atoms with van der Waals surface area (Å²) in [6.07, 6.45) is 13.5. The van der Waals surface area contributed by atoms with Crippen LogP contribution in [-0.4, -0.2) is 11.7 Å². The molecule has 1 rings (SSSR count). The summed E-state index contributed by atoms with van der Waals surface area (Å²) in [4.78, 5) is 0. The van der Waals surface area contributed by atoms with Crippen LogP contribution in [-0.2, 0) is 0 Å². The van der Waals surface area contributed by atoms with E-state index in [-0.39, 0.29) is 6.61 Å². The summed E-state index contributed by atoms with van der Waals surface area (Å²) in [6, 6.07) is 10.3. The SMILES string of the molecule is CCCCCC/C=C(/C=C/c1ccccc1)CCO. The van der Waals surface area contributed by atoms with Crippen molar-refractivity contribution in [1.29, 1.82) is 0 Å². The van der Waals surface area contributed by atoms with Crippen LogP contribution in [0.4, 0.5) is 0 Å². The van der Waals surface area contributed by atoms with Crippen molar-refractivity contribution >= 4 is 6.08 Å². The van der Waals surface area contributed by atoms with Gasteiger partial charge in [-0.05, 0) is 30.4 Å². The van der Waals surface area contributed by atoms with Gasteiger partial charge in [-0.1, -0.05) is 74.7 Å². The van der Waals surface area contributed by atoms with Crippen LogP contribution in [0.25, 0.3) is 6.08 Å². The highest BCUT2D eigenvalue weighted by Crippen LogP contribution is 2.11. The summed E-state index contributed by atoms with van der Waals surface area (Å²) < 4.78 is 0. The van der Waals surface area contributed by atoms with E-state index in [0.717, 1.165) is 12.8 Å². The first kappa shape index (κ1) is 15.7. The van der Waals surface area contributed by atoms with Crippen LogP contribution in [0.1, 0.15) is 51.0 Å². The first-order valence-electron chi connectivity index (χ1n) is 7.40. The Kier molecular flexibility index (Phi) is 8.74. The molecule has 1 aromatic carbocycles. The van der Waals surface area contributed by atoms with Crippen LogP contribution in [0.2, 0.25) is 0 Å². The minimum atomic E-state index is 0.222. The van der Waals surface area contributed by atoms with Crippen LogP contribution in [0, 0.1) is 0 Å². The zero-order valence-electron chi connectivity index (χ0n) is 12.0. The van der Waals surface area contributed by atoms with Gasteiger partial charge in [0.2, 0.25) is 0 Å². The Hall–Kier alpha value is -1.34. The van der Waals surface area contributed by atoms with Crippen LogP contribution < -0.4 is 0 Å². The van der Waals surface area contributed by atoms with E-state index in [1.54, 1.807) is 0 Å². The fraction of sp³-hybridized carbons (Fsp3) is 0.444. The van der Waals surface area contributed by atoms with Gasteiger partial charge in [0.1, 0.15) is 0 Å². The number of allylic oxidation sites excluding steroid dienone is 2. The summed E-state index contributed by atoms with van der Waals surface area (Å²) in [5, 5.41) is 9.10. The quantitative estimate of drug-likeness (QED) is 0.489. The van der Waals surface area contributed by atoms with Gasteiger partial charge in [0.25, 0.3) is 0 Å². The van der Waals surface area contributed by atoms with Crippen molar-refractivity contribution in [1.82, 2.24) is 0 Å². The third kappa shape index (κ3) is 7.63. The van der Waals surface area contributed by atoms with E-state index < -0.39 is 0 Å². The standard InChI is InChI=1S/C18H26O/c1-2-3-4-5-7-12-18(15-16-19)14-13-17-10-8-6-9-11-17/h6,8-14,19H,2-5,7,15-16H2,1H3/b14-13+,18-12-. The number of hydrogen-bond acceptors (Lipinski definition) is 1. The molecule has 0 atom stereocenters. The maximum atomic E-state index is 9.10. The fourth-order valence-corrected chi connectivity index (χ4v) is 2.01. The van der Waals surface area contributed by atoms with E-state index in [9.17, 15) is 0 Å². The summed E-state index contributed by atoms with van der Waals surface area (Å²) >= 11 is 0. The number of aliphatic hydroxyl groups excluding tert-OH is 1. The Bertz CT molecular complexity index is 376. The molecule has 0 amide bonds. The molecule has 104 valence electrons. The Morgan fingerprint density at radius 3 is 2.58 bits per heavy atom. The van der Waals surface area contributed by atoms with Gasteiger partial charge in [0, 0.05) is 6.61 Å². The molecule has 1 heteroatoms. The molecule has 0 aliphatic heterocycles. The van der Waals surface area contributed by atoms with Gasteiger partial charge in [-0.15, -0.1) is 0 Å². The highest BCUT2D eigenvalue weighted by atomic mass is 16.2. The number of benzene rings is 1. The molecule has 19 heavy (non-hydrogen) atoms. The molecular weight excluding hydrogens is 232 g/mol. The molecule has 0 heterocycles. The largest absolute Gasteiger partial charge is 0.396 e. The van der Waals surface area contributed by atoms with Crippen molar-refractivity contribution in [2.75, 3.05) is 6.61 Å². The van der Waals surface area contributed by atoms with Crippen LogP contribution in [0.5, 0.6) is 0 Å². The summed E-state index contributed by atoms with van der Waals surface area (Å²) in [6.45, 7) is 2.45. The van der Waals surface area contributed by atoms with E-state index in [1.165, 1.54) is 36.8 Å². The highest BCUT2D eigenvalue weighted by molar-refractivity contribution is 5.52. The predicted molar refractivity (Wildman–Crippen MR) is 84.0 cm³/mol. The minimum Gasteiger partial charge on any atom is -0.396 e.